The fourth-order valence-electron chi connectivity index (χ4n) is 4.48. The molecule has 1 fully saturated rings. The van der Waals surface area contributed by atoms with E-state index < -0.39 is 23.7 Å². The number of hydrogen-bond donors (Lipinski definition) is 0. The zero-order valence-corrected chi connectivity index (χ0v) is 18.1. The predicted octanol–water partition coefficient (Wildman–Crippen LogP) is 4.02. The normalized spacial score (nSPS) is 17.0. The summed E-state index contributed by atoms with van der Waals surface area (Å²) in [6.45, 7) is 9.43. The van der Waals surface area contributed by atoms with Gasteiger partial charge in [0.2, 0.25) is 0 Å². The minimum atomic E-state index is -4.67. The van der Waals surface area contributed by atoms with Gasteiger partial charge in [-0.25, -0.2) is 4.98 Å². The van der Waals surface area contributed by atoms with Gasteiger partial charge in [0.1, 0.15) is 6.33 Å². The molecule has 2 aromatic heterocycles. The largest absolute Gasteiger partial charge is 0.417 e. The molecule has 1 saturated heterocycles. The van der Waals surface area contributed by atoms with Crippen LogP contribution in [0.1, 0.15) is 39.9 Å². The summed E-state index contributed by atoms with van der Waals surface area (Å²) >= 11 is 0. The van der Waals surface area contributed by atoms with E-state index in [1.165, 1.54) is 27.9 Å². The van der Waals surface area contributed by atoms with Crippen molar-refractivity contribution in [1.29, 1.82) is 0 Å². The number of alkyl halides is 3. The summed E-state index contributed by atoms with van der Waals surface area (Å²) in [6, 6.07) is 3.27. The van der Waals surface area contributed by atoms with Crippen LogP contribution in [0, 0.1) is 0 Å². The Hall–Kier alpha value is -3.73. The number of amides is 1. The van der Waals surface area contributed by atoms with Gasteiger partial charge in [-0.15, -0.1) is 13.2 Å². The maximum Gasteiger partial charge on any atom is 0.417 e. The minimum absolute atomic E-state index is 0.130. The van der Waals surface area contributed by atoms with Crippen LogP contribution in [0.3, 0.4) is 0 Å². The summed E-state index contributed by atoms with van der Waals surface area (Å²) < 4.78 is 48.2. The van der Waals surface area contributed by atoms with E-state index in [4.69, 9.17) is 4.52 Å². The first-order valence-electron chi connectivity index (χ1n) is 10.7. The van der Waals surface area contributed by atoms with Crippen LogP contribution in [0.5, 0.6) is 0 Å². The summed E-state index contributed by atoms with van der Waals surface area (Å²) in [4.78, 5) is 25.5. The molecule has 0 unspecified atom stereocenters. The molecule has 0 saturated carbocycles. The van der Waals surface area contributed by atoms with Gasteiger partial charge in [-0.3, -0.25) is 14.3 Å². The lowest BCUT2D eigenvalue weighted by molar-refractivity contribution is -0.138. The molecule has 0 spiro atoms. The van der Waals surface area contributed by atoms with E-state index >= 15 is 0 Å². The highest BCUT2D eigenvalue weighted by atomic mass is 19.4. The zero-order valence-electron chi connectivity index (χ0n) is 18.1. The number of aromatic nitrogens is 4. The molecule has 11 heteroatoms. The van der Waals surface area contributed by atoms with Gasteiger partial charge >= 0.3 is 6.18 Å². The lowest BCUT2D eigenvalue weighted by atomic mass is 9.96. The number of fused-ring (bicyclic) bond motifs is 5. The van der Waals surface area contributed by atoms with E-state index in [2.05, 4.69) is 28.3 Å². The number of halogens is 3. The number of rotatable bonds is 7. The number of carbonyl (C=O) groups is 1. The molecule has 34 heavy (non-hydrogen) atoms. The highest BCUT2D eigenvalue weighted by Gasteiger charge is 2.46. The Morgan fingerprint density at radius 1 is 1.24 bits per heavy atom. The van der Waals surface area contributed by atoms with Crippen molar-refractivity contribution in [3.05, 3.63) is 72.5 Å². The van der Waals surface area contributed by atoms with Gasteiger partial charge in [0, 0.05) is 19.6 Å². The quantitative estimate of drug-likeness (QED) is 0.486. The van der Waals surface area contributed by atoms with Crippen molar-refractivity contribution >= 4 is 5.91 Å². The summed E-state index contributed by atoms with van der Waals surface area (Å²) in [5.74, 6) is -0.0736. The second-order valence-electron chi connectivity index (χ2n) is 8.14. The van der Waals surface area contributed by atoms with Crippen LogP contribution in [0.25, 0.3) is 17.3 Å². The van der Waals surface area contributed by atoms with Crippen LogP contribution in [0.4, 0.5) is 13.2 Å². The Bertz CT molecular complexity index is 1270. The number of imidazole rings is 1. The van der Waals surface area contributed by atoms with Crippen LogP contribution in [-0.2, 0) is 12.7 Å². The van der Waals surface area contributed by atoms with Crippen LogP contribution < -0.4 is 0 Å². The number of nitrogens with zero attached hydrogens (tertiary/aromatic N) is 6. The fourth-order valence-corrected chi connectivity index (χ4v) is 4.48. The van der Waals surface area contributed by atoms with Crippen LogP contribution >= 0.6 is 0 Å². The Kier molecular flexibility index (Phi) is 5.35. The second kappa shape index (κ2) is 8.24. The van der Waals surface area contributed by atoms with Gasteiger partial charge in [0.25, 0.3) is 11.8 Å². The van der Waals surface area contributed by atoms with Crippen molar-refractivity contribution in [1.82, 2.24) is 29.5 Å². The van der Waals surface area contributed by atoms with Crippen LogP contribution in [0.15, 0.2) is 54.4 Å². The zero-order chi connectivity index (χ0) is 24.0. The molecule has 176 valence electrons. The van der Waals surface area contributed by atoms with E-state index in [0.29, 0.717) is 49.8 Å². The SMILES string of the molecule is C=CCN(CC=C)Cc1noc(-c2ncn3c2[C@@H]2CCN2C(=O)c2c-3cccc2C(F)(F)F)n1. The van der Waals surface area contributed by atoms with E-state index in [1.54, 1.807) is 12.2 Å². The first-order valence-corrected chi connectivity index (χ1v) is 10.7. The third kappa shape index (κ3) is 3.52. The third-order valence-corrected chi connectivity index (χ3v) is 6.03. The first-order chi connectivity index (χ1) is 16.3. The summed E-state index contributed by atoms with van der Waals surface area (Å²) in [5.41, 5.74) is -0.301. The molecule has 1 atom stereocenters. The minimum Gasteiger partial charge on any atom is -0.332 e. The monoisotopic (exact) mass is 470 g/mol. The van der Waals surface area contributed by atoms with Gasteiger partial charge in [0.05, 0.1) is 35.1 Å². The summed E-state index contributed by atoms with van der Waals surface area (Å²) in [5, 5.41) is 4.04. The van der Waals surface area contributed by atoms with E-state index in [-0.39, 0.29) is 17.1 Å². The molecule has 8 nitrogen and oxygen atoms in total. The second-order valence-corrected chi connectivity index (χ2v) is 8.14. The van der Waals surface area contributed by atoms with Crippen molar-refractivity contribution in [3.63, 3.8) is 0 Å². The molecule has 5 rings (SSSR count). The highest BCUT2D eigenvalue weighted by Crippen LogP contribution is 2.45. The van der Waals surface area contributed by atoms with Crippen molar-refractivity contribution in [3.8, 4) is 17.3 Å². The van der Waals surface area contributed by atoms with Crippen molar-refractivity contribution < 1.29 is 22.5 Å². The van der Waals surface area contributed by atoms with Crippen molar-refractivity contribution in [2.24, 2.45) is 0 Å². The Balaban J connectivity index is 1.58. The molecular formula is C23H21F3N6O2. The topological polar surface area (TPSA) is 80.3 Å². The van der Waals surface area contributed by atoms with Crippen molar-refractivity contribution in [2.45, 2.75) is 25.2 Å². The Morgan fingerprint density at radius 2 is 2.00 bits per heavy atom. The lowest BCUT2D eigenvalue weighted by Gasteiger charge is -2.40. The molecular weight excluding hydrogens is 449 g/mol. The van der Waals surface area contributed by atoms with Crippen LogP contribution in [0.2, 0.25) is 0 Å². The molecule has 0 N–H and O–H groups in total. The summed E-state index contributed by atoms with van der Waals surface area (Å²) in [6.07, 6.45) is 0.847. The van der Waals surface area contributed by atoms with Gasteiger partial charge in [-0.2, -0.15) is 18.2 Å². The van der Waals surface area contributed by atoms with Crippen LogP contribution in [-0.4, -0.2) is 55.0 Å². The molecule has 2 aliphatic heterocycles. The van der Waals surface area contributed by atoms with E-state index in [0.717, 1.165) is 6.07 Å². The standard InChI is InChI=1S/C23H21F3N6O2/c1-3-9-30(10-4-2)12-17-28-21(34-29-17)19-20-16-8-11-31(16)22(33)18-14(23(24,25)26)6-5-7-15(18)32(20)13-27-19/h3-7,13,16H,1-2,8-12H2/t16-/m0/s1. The average molecular weight is 470 g/mol. The first kappa shape index (κ1) is 22.1. The third-order valence-electron chi connectivity index (χ3n) is 6.03. The fraction of sp³-hybridized carbons (Fsp3) is 0.304. The average Bonchev–Trinajstić information content (AvgIpc) is 3.38. The van der Waals surface area contributed by atoms with Gasteiger partial charge < -0.3 is 9.42 Å². The van der Waals surface area contributed by atoms with E-state index in [1.807, 2.05) is 4.90 Å². The van der Waals surface area contributed by atoms with Gasteiger partial charge in [-0.1, -0.05) is 23.4 Å². The number of benzene rings is 1. The summed E-state index contributed by atoms with van der Waals surface area (Å²) in [7, 11) is 0. The molecule has 1 amide bonds. The maximum absolute atomic E-state index is 13.7. The molecule has 3 aromatic rings. The molecule has 1 aromatic carbocycles. The highest BCUT2D eigenvalue weighted by molar-refractivity contribution is 6.01. The smallest absolute Gasteiger partial charge is 0.332 e. The maximum atomic E-state index is 13.7. The van der Waals surface area contributed by atoms with E-state index in [9.17, 15) is 18.0 Å². The molecule has 0 bridgehead atoms. The molecule has 0 aliphatic carbocycles. The molecule has 0 radical (unpaired) electrons. The molecule has 4 heterocycles. The Morgan fingerprint density at radius 3 is 2.65 bits per heavy atom. The lowest BCUT2D eigenvalue weighted by Crippen LogP contribution is -2.45. The van der Waals surface area contributed by atoms with Gasteiger partial charge in [-0.05, 0) is 18.6 Å². The number of carbonyl (C=O) groups excluding carboxylic acids is 1. The molecule has 2 aliphatic rings. The predicted molar refractivity (Wildman–Crippen MR) is 116 cm³/mol. The van der Waals surface area contributed by atoms with Crippen molar-refractivity contribution in [2.75, 3.05) is 19.6 Å². The Labute approximate surface area is 193 Å². The number of hydrogen-bond acceptors (Lipinski definition) is 6. The van der Waals surface area contributed by atoms with Gasteiger partial charge in [0.15, 0.2) is 11.5 Å².